The second-order valence-corrected chi connectivity index (χ2v) is 5.83. The van der Waals surface area contributed by atoms with Crippen LogP contribution in [-0.4, -0.2) is 19.6 Å². The zero-order chi connectivity index (χ0) is 18.2. The molecule has 5 nitrogen and oxygen atoms in total. The molecule has 0 unspecified atom stereocenters. The minimum Gasteiger partial charge on any atom is -0.497 e. The molecular formula is C19H17BrN2O3. The minimum atomic E-state index is -0.474. The smallest absolute Gasteiger partial charge is 0.266 e. The Morgan fingerprint density at radius 1 is 1.28 bits per heavy atom. The predicted octanol–water partition coefficient (Wildman–Crippen LogP) is 4.40. The summed E-state index contributed by atoms with van der Waals surface area (Å²) in [6.07, 6.45) is 1.53. The van der Waals surface area contributed by atoms with Crippen molar-refractivity contribution in [2.24, 2.45) is 0 Å². The molecular weight excluding hydrogens is 384 g/mol. The molecule has 0 saturated carbocycles. The summed E-state index contributed by atoms with van der Waals surface area (Å²) < 4.78 is 11.3. The molecule has 128 valence electrons. The molecule has 0 aromatic heterocycles. The van der Waals surface area contributed by atoms with E-state index in [0.717, 1.165) is 10.0 Å². The van der Waals surface area contributed by atoms with Gasteiger partial charge in [0.05, 0.1) is 18.2 Å². The molecule has 0 spiro atoms. The molecule has 2 aromatic carbocycles. The lowest BCUT2D eigenvalue weighted by molar-refractivity contribution is -0.112. The van der Waals surface area contributed by atoms with Crippen molar-refractivity contribution in [3.63, 3.8) is 0 Å². The Morgan fingerprint density at radius 3 is 2.56 bits per heavy atom. The Balaban J connectivity index is 2.17. The average Bonchev–Trinajstić information content (AvgIpc) is 2.62. The van der Waals surface area contributed by atoms with E-state index in [4.69, 9.17) is 9.47 Å². The van der Waals surface area contributed by atoms with E-state index in [0.29, 0.717) is 23.8 Å². The van der Waals surface area contributed by atoms with Crippen LogP contribution in [0.2, 0.25) is 0 Å². The zero-order valence-corrected chi connectivity index (χ0v) is 15.5. The number of halogens is 1. The quantitative estimate of drug-likeness (QED) is 0.575. The maximum Gasteiger partial charge on any atom is 0.266 e. The Hall–Kier alpha value is -2.78. The van der Waals surface area contributed by atoms with Crippen LogP contribution in [0.4, 0.5) is 5.69 Å². The van der Waals surface area contributed by atoms with Crippen LogP contribution in [0.5, 0.6) is 11.5 Å². The Morgan fingerprint density at radius 2 is 2.00 bits per heavy atom. The first-order chi connectivity index (χ1) is 12.1. The van der Waals surface area contributed by atoms with Crippen LogP contribution in [-0.2, 0) is 4.79 Å². The maximum absolute atomic E-state index is 12.3. The first-order valence-electron chi connectivity index (χ1n) is 7.57. The van der Waals surface area contributed by atoms with Crippen molar-refractivity contribution < 1.29 is 14.3 Å². The molecule has 6 heteroatoms. The second-order valence-electron chi connectivity index (χ2n) is 4.98. The van der Waals surface area contributed by atoms with Gasteiger partial charge >= 0.3 is 0 Å². The number of benzene rings is 2. The molecule has 0 radical (unpaired) electrons. The summed E-state index contributed by atoms with van der Waals surface area (Å²) in [6.45, 7) is 2.46. The van der Waals surface area contributed by atoms with E-state index in [1.54, 1.807) is 49.6 Å². The van der Waals surface area contributed by atoms with E-state index in [-0.39, 0.29) is 5.57 Å². The highest BCUT2D eigenvalue weighted by Gasteiger charge is 2.10. The minimum absolute atomic E-state index is 0.00637. The molecule has 0 aliphatic carbocycles. The molecule has 2 rings (SSSR count). The summed E-state index contributed by atoms with van der Waals surface area (Å²) >= 11 is 3.41. The highest BCUT2D eigenvalue weighted by Crippen LogP contribution is 2.27. The number of nitrogens with zero attached hydrogens (tertiary/aromatic N) is 1. The standard InChI is InChI=1S/C19H17BrN2O3/c1-3-25-18-9-4-13(11-17(18)20)10-14(12-21)19(23)22-15-5-7-16(24-2)8-6-15/h4-11H,3H2,1-2H3,(H,22,23)/b14-10+. The maximum atomic E-state index is 12.3. The number of hydrogen-bond donors (Lipinski definition) is 1. The zero-order valence-electron chi connectivity index (χ0n) is 13.9. The van der Waals surface area contributed by atoms with E-state index in [2.05, 4.69) is 21.2 Å². The number of carbonyl (C=O) groups excluding carboxylic acids is 1. The normalized spacial score (nSPS) is 10.7. The van der Waals surface area contributed by atoms with Gasteiger partial charge in [-0.25, -0.2) is 0 Å². The number of methoxy groups -OCH3 is 1. The van der Waals surface area contributed by atoms with Crippen molar-refractivity contribution in [1.29, 1.82) is 5.26 Å². The number of nitrogens with one attached hydrogen (secondary N) is 1. The highest BCUT2D eigenvalue weighted by atomic mass is 79.9. The van der Waals surface area contributed by atoms with Gasteiger partial charge in [0.2, 0.25) is 0 Å². The third-order valence-corrected chi connectivity index (χ3v) is 3.90. The van der Waals surface area contributed by atoms with E-state index in [9.17, 15) is 10.1 Å². The first-order valence-corrected chi connectivity index (χ1v) is 8.36. The lowest BCUT2D eigenvalue weighted by Crippen LogP contribution is -2.13. The van der Waals surface area contributed by atoms with Gasteiger partial charge in [-0.2, -0.15) is 5.26 Å². The van der Waals surface area contributed by atoms with E-state index in [1.807, 2.05) is 13.0 Å². The fourth-order valence-corrected chi connectivity index (χ4v) is 2.58. The van der Waals surface area contributed by atoms with Crippen LogP contribution in [0, 0.1) is 11.3 Å². The molecule has 1 amide bonds. The van der Waals surface area contributed by atoms with Gasteiger partial charge in [-0.05, 0) is 70.9 Å². The van der Waals surface area contributed by atoms with Crippen molar-refractivity contribution in [2.45, 2.75) is 6.92 Å². The van der Waals surface area contributed by atoms with Gasteiger partial charge in [-0.3, -0.25) is 4.79 Å². The largest absolute Gasteiger partial charge is 0.497 e. The van der Waals surface area contributed by atoms with Crippen molar-refractivity contribution in [2.75, 3.05) is 19.0 Å². The number of amides is 1. The monoisotopic (exact) mass is 400 g/mol. The predicted molar refractivity (Wildman–Crippen MR) is 101 cm³/mol. The van der Waals surface area contributed by atoms with Crippen molar-refractivity contribution in [3.8, 4) is 17.6 Å². The highest BCUT2D eigenvalue weighted by molar-refractivity contribution is 9.10. The Labute approximate surface area is 155 Å². The number of carbonyl (C=O) groups is 1. The lowest BCUT2D eigenvalue weighted by Gasteiger charge is -2.07. The van der Waals surface area contributed by atoms with Crippen molar-refractivity contribution in [1.82, 2.24) is 0 Å². The summed E-state index contributed by atoms with van der Waals surface area (Å²) in [5.41, 5.74) is 1.31. The summed E-state index contributed by atoms with van der Waals surface area (Å²) in [6, 6.07) is 14.2. The van der Waals surface area contributed by atoms with E-state index in [1.165, 1.54) is 6.08 Å². The van der Waals surface area contributed by atoms with Gasteiger partial charge in [0, 0.05) is 5.69 Å². The second kappa shape index (κ2) is 8.90. The van der Waals surface area contributed by atoms with Gasteiger partial charge in [0.1, 0.15) is 23.1 Å². The van der Waals surface area contributed by atoms with Crippen LogP contribution in [0.15, 0.2) is 52.5 Å². The van der Waals surface area contributed by atoms with Gasteiger partial charge in [-0.15, -0.1) is 0 Å². The average molecular weight is 401 g/mol. The summed E-state index contributed by atoms with van der Waals surface area (Å²) in [7, 11) is 1.57. The number of rotatable bonds is 6. The molecule has 0 aliphatic heterocycles. The van der Waals surface area contributed by atoms with Crippen molar-refractivity contribution >= 4 is 33.6 Å². The van der Waals surface area contributed by atoms with E-state index < -0.39 is 5.91 Å². The molecule has 0 saturated heterocycles. The first kappa shape index (κ1) is 18.6. The van der Waals surface area contributed by atoms with Crippen LogP contribution >= 0.6 is 15.9 Å². The van der Waals surface area contributed by atoms with Crippen LogP contribution < -0.4 is 14.8 Å². The van der Waals surface area contributed by atoms with Gasteiger partial charge in [-0.1, -0.05) is 6.07 Å². The molecule has 0 bridgehead atoms. The SMILES string of the molecule is CCOc1ccc(/C=C(\C#N)C(=O)Nc2ccc(OC)cc2)cc1Br. The molecule has 1 N–H and O–H groups in total. The van der Waals surface area contributed by atoms with Gasteiger partial charge < -0.3 is 14.8 Å². The van der Waals surface area contributed by atoms with Crippen LogP contribution in [0.3, 0.4) is 0 Å². The molecule has 0 fully saturated rings. The number of hydrogen-bond acceptors (Lipinski definition) is 4. The number of ether oxygens (including phenoxy) is 2. The fraction of sp³-hybridized carbons (Fsp3) is 0.158. The van der Waals surface area contributed by atoms with Crippen molar-refractivity contribution in [3.05, 3.63) is 58.1 Å². The summed E-state index contributed by atoms with van der Waals surface area (Å²) in [5, 5.41) is 12.0. The summed E-state index contributed by atoms with van der Waals surface area (Å²) in [4.78, 5) is 12.3. The summed E-state index contributed by atoms with van der Waals surface area (Å²) in [5.74, 6) is 0.923. The van der Waals surface area contributed by atoms with Crippen LogP contribution in [0.25, 0.3) is 6.08 Å². The third-order valence-electron chi connectivity index (χ3n) is 3.28. The molecule has 0 aliphatic rings. The Bertz CT molecular complexity index is 824. The molecule has 2 aromatic rings. The Kier molecular flexibility index (Phi) is 6.61. The third kappa shape index (κ3) is 5.10. The molecule has 25 heavy (non-hydrogen) atoms. The molecule has 0 atom stereocenters. The van der Waals surface area contributed by atoms with Crippen LogP contribution in [0.1, 0.15) is 12.5 Å². The molecule has 0 heterocycles. The fourth-order valence-electron chi connectivity index (χ4n) is 2.07. The topological polar surface area (TPSA) is 71.3 Å². The number of nitriles is 1. The van der Waals surface area contributed by atoms with Gasteiger partial charge in [0.15, 0.2) is 0 Å². The van der Waals surface area contributed by atoms with E-state index >= 15 is 0 Å². The van der Waals surface area contributed by atoms with Gasteiger partial charge in [0.25, 0.3) is 5.91 Å². The number of anilines is 1. The lowest BCUT2D eigenvalue weighted by atomic mass is 10.1.